The molecular weight excluding hydrogens is 238 g/mol. The van der Waals surface area contributed by atoms with E-state index in [1.165, 1.54) is 0 Å². The van der Waals surface area contributed by atoms with Gasteiger partial charge in [-0.05, 0) is 37.1 Å². The van der Waals surface area contributed by atoms with E-state index in [1.807, 2.05) is 31.2 Å². The Kier molecular flexibility index (Phi) is 4.47. The van der Waals surface area contributed by atoms with Crippen molar-refractivity contribution in [3.63, 3.8) is 0 Å². The average molecular weight is 257 g/mol. The summed E-state index contributed by atoms with van der Waals surface area (Å²) in [6, 6.07) is 10.0. The minimum Gasteiger partial charge on any atom is -0.356 e. The molecule has 0 fully saturated rings. The minimum absolute atomic E-state index is 0.0243. The first-order chi connectivity index (χ1) is 9.24. The summed E-state index contributed by atoms with van der Waals surface area (Å²) < 4.78 is 0. The second-order valence-electron chi connectivity index (χ2n) is 4.56. The molecule has 1 amide bonds. The van der Waals surface area contributed by atoms with Gasteiger partial charge in [0.25, 0.3) is 0 Å². The van der Waals surface area contributed by atoms with Gasteiger partial charge in [0.05, 0.1) is 11.4 Å². The monoisotopic (exact) mass is 257 g/mol. The predicted octanol–water partition coefficient (Wildman–Crippen LogP) is 1.49. The molecule has 1 aromatic carbocycles. The van der Waals surface area contributed by atoms with Crippen LogP contribution in [0.15, 0.2) is 36.5 Å². The summed E-state index contributed by atoms with van der Waals surface area (Å²) in [7, 11) is 0. The number of fused-ring (bicyclic) bond motifs is 1. The lowest BCUT2D eigenvalue weighted by atomic mass is 9.97. The molecule has 1 unspecified atom stereocenters. The number of nitrogens with one attached hydrogen (secondary N) is 1. The molecule has 1 atom stereocenters. The third-order valence-electron chi connectivity index (χ3n) is 3.16. The minimum atomic E-state index is -0.172. The standard InChI is InChI=1S/C15H19N3O/c1-2-17-15(19)13(10-16)9-11-5-6-14-12(8-11)4-3-7-18-14/h3-8,13H,2,9-10,16H2,1H3,(H,17,19). The van der Waals surface area contributed by atoms with E-state index < -0.39 is 0 Å². The van der Waals surface area contributed by atoms with Gasteiger partial charge in [-0.3, -0.25) is 9.78 Å². The maximum atomic E-state index is 11.8. The highest BCUT2D eigenvalue weighted by Crippen LogP contribution is 2.16. The zero-order valence-electron chi connectivity index (χ0n) is 11.1. The third-order valence-corrected chi connectivity index (χ3v) is 3.16. The highest BCUT2D eigenvalue weighted by molar-refractivity contribution is 5.81. The van der Waals surface area contributed by atoms with Crippen molar-refractivity contribution < 1.29 is 4.79 Å². The fourth-order valence-corrected chi connectivity index (χ4v) is 2.14. The van der Waals surface area contributed by atoms with E-state index in [0.717, 1.165) is 16.5 Å². The van der Waals surface area contributed by atoms with Gasteiger partial charge in [0.1, 0.15) is 0 Å². The number of hydrogen-bond donors (Lipinski definition) is 2. The van der Waals surface area contributed by atoms with Crippen LogP contribution in [0.5, 0.6) is 0 Å². The highest BCUT2D eigenvalue weighted by atomic mass is 16.1. The van der Waals surface area contributed by atoms with Gasteiger partial charge >= 0.3 is 0 Å². The topological polar surface area (TPSA) is 68.0 Å². The number of nitrogens with two attached hydrogens (primary N) is 1. The maximum Gasteiger partial charge on any atom is 0.224 e. The first kappa shape index (κ1) is 13.5. The number of rotatable bonds is 5. The lowest BCUT2D eigenvalue weighted by molar-refractivity contribution is -0.124. The van der Waals surface area contributed by atoms with Crippen LogP contribution in [-0.4, -0.2) is 24.0 Å². The van der Waals surface area contributed by atoms with E-state index in [4.69, 9.17) is 5.73 Å². The Morgan fingerprint density at radius 3 is 3.00 bits per heavy atom. The molecule has 0 radical (unpaired) electrons. The number of carbonyl (C=O) groups excluding carboxylic acids is 1. The first-order valence-electron chi connectivity index (χ1n) is 6.56. The molecule has 4 heteroatoms. The number of benzene rings is 1. The molecule has 0 aliphatic carbocycles. The van der Waals surface area contributed by atoms with Crippen molar-refractivity contribution in [2.24, 2.45) is 11.7 Å². The zero-order valence-corrected chi connectivity index (χ0v) is 11.1. The van der Waals surface area contributed by atoms with Gasteiger partial charge in [0.15, 0.2) is 0 Å². The van der Waals surface area contributed by atoms with Crippen molar-refractivity contribution in [1.82, 2.24) is 10.3 Å². The smallest absolute Gasteiger partial charge is 0.224 e. The Morgan fingerprint density at radius 2 is 2.26 bits per heavy atom. The van der Waals surface area contributed by atoms with Crippen LogP contribution >= 0.6 is 0 Å². The molecule has 1 aromatic heterocycles. The van der Waals surface area contributed by atoms with E-state index in [2.05, 4.69) is 16.4 Å². The predicted molar refractivity (Wildman–Crippen MR) is 76.7 cm³/mol. The summed E-state index contributed by atoms with van der Waals surface area (Å²) in [6.07, 6.45) is 2.44. The molecular formula is C15H19N3O. The summed E-state index contributed by atoms with van der Waals surface area (Å²) in [6.45, 7) is 2.90. The Morgan fingerprint density at radius 1 is 1.42 bits per heavy atom. The fraction of sp³-hybridized carbons (Fsp3) is 0.333. The number of amides is 1. The molecule has 0 bridgehead atoms. The summed E-state index contributed by atoms with van der Waals surface area (Å²) in [5.74, 6) is -0.148. The number of nitrogens with zero attached hydrogens (tertiary/aromatic N) is 1. The van der Waals surface area contributed by atoms with Crippen LogP contribution in [0.1, 0.15) is 12.5 Å². The lowest BCUT2D eigenvalue weighted by Gasteiger charge is -2.14. The van der Waals surface area contributed by atoms with Gasteiger partial charge in [-0.15, -0.1) is 0 Å². The largest absolute Gasteiger partial charge is 0.356 e. The van der Waals surface area contributed by atoms with Crippen LogP contribution in [0.4, 0.5) is 0 Å². The SMILES string of the molecule is CCNC(=O)C(CN)Cc1ccc2ncccc2c1. The average Bonchev–Trinajstić information content (AvgIpc) is 2.44. The first-order valence-corrected chi connectivity index (χ1v) is 6.56. The van der Waals surface area contributed by atoms with Crippen molar-refractivity contribution in [3.05, 3.63) is 42.1 Å². The molecule has 2 rings (SSSR count). The van der Waals surface area contributed by atoms with Gasteiger partial charge in [0.2, 0.25) is 5.91 Å². The van der Waals surface area contributed by atoms with Crippen molar-refractivity contribution in [1.29, 1.82) is 0 Å². The van der Waals surface area contributed by atoms with Crippen LogP contribution in [0, 0.1) is 5.92 Å². The van der Waals surface area contributed by atoms with Crippen LogP contribution in [0.2, 0.25) is 0 Å². The van der Waals surface area contributed by atoms with Crippen LogP contribution < -0.4 is 11.1 Å². The normalized spacial score (nSPS) is 12.3. The molecule has 100 valence electrons. The van der Waals surface area contributed by atoms with E-state index >= 15 is 0 Å². The molecule has 0 saturated heterocycles. The Labute approximate surface area is 113 Å². The molecule has 3 N–H and O–H groups in total. The van der Waals surface area contributed by atoms with Crippen molar-refractivity contribution >= 4 is 16.8 Å². The zero-order chi connectivity index (χ0) is 13.7. The molecule has 0 aliphatic heterocycles. The van der Waals surface area contributed by atoms with Gasteiger partial charge in [0, 0.05) is 24.7 Å². The quantitative estimate of drug-likeness (QED) is 0.852. The van der Waals surface area contributed by atoms with E-state index in [-0.39, 0.29) is 11.8 Å². The third kappa shape index (κ3) is 3.29. The Bertz CT molecular complexity index is 568. The molecule has 0 saturated carbocycles. The van der Waals surface area contributed by atoms with Crippen LogP contribution in [0.25, 0.3) is 10.9 Å². The summed E-state index contributed by atoms with van der Waals surface area (Å²) in [5.41, 5.74) is 7.77. The van der Waals surface area contributed by atoms with Crippen molar-refractivity contribution in [3.8, 4) is 0 Å². The second-order valence-corrected chi connectivity index (χ2v) is 4.56. The summed E-state index contributed by atoms with van der Waals surface area (Å²) in [5, 5.41) is 3.91. The molecule has 4 nitrogen and oxygen atoms in total. The van der Waals surface area contributed by atoms with Gasteiger partial charge in [-0.2, -0.15) is 0 Å². The molecule has 19 heavy (non-hydrogen) atoms. The summed E-state index contributed by atoms with van der Waals surface area (Å²) in [4.78, 5) is 16.1. The number of aromatic nitrogens is 1. The molecule has 0 aliphatic rings. The number of hydrogen-bond acceptors (Lipinski definition) is 3. The van der Waals surface area contributed by atoms with Gasteiger partial charge in [-0.25, -0.2) is 0 Å². The van der Waals surface area contributed by atoms with E-state index in [9.17, 15) is 4.79 Å². The fourth-order valence-electron chi connectivity index (χ4n) is 2.14. The number of pyridine rings is 1. The number of carbonyl (C=O) groups is 1. The molecule has 0 spiro atoms. The van der Waals surface area contributed by atoms with Crippen LogP contribution in [0.3, 0.4) is 0 Å². The van der Waals surface area contributed by atoms with Crippen LogP contribution in [-0.2, 0) is 11.2 Å². The Balaban J connectivity index is 2.17. The van der Waals surface area contributed by atoms with E-state index in [1.54, 1.807) is 6.20 Å². The van der Waals surface area contributed by atoms with Gasteiger partial charge < -0.3 is 11.1 Å². The van der Waals surface area contributed by atoms with Crippen molar-refractivity contribution in [2.45, 2.75) is 13.3 Å². The molecule has 2 aromatic rings. The van der Waals surface area contributed by atoms with Gasteiger partial charge in [-0.1, -0.05) is 12.1 Å². The lowest BCUT2D eigenvalue weighted by Crippen LogP contribution is -2.36. The van der Waals surface area contributed by atoms with Crippen molar-refractivity contribution in [2.75, 3.05) is 13.1 Å². The van der Waals surface area contributed by atoms with E-state index in [0.29, 0.717) is 19.5 Å². The Hall–Kier alpha value is -1.94. The maximum absolute atomic E-state index is 11.8. The second kappa shape index (κ2) is 6.29. The summed E-state index contributed by atoms with van der Waals surface area (Å²) >= 11 is 0. The highest BCUT2D eigenvalue weighted by Gasteiger charge is 2.16. The molecule has 1 heterocycles.